The topological polar surface area (TPSA) is 440 Å². The van der Waals surface area contributed by atoms with Crippen LogP contribution in [-0.4, -0.2) is 169 Å². The number of aromatic nitrogens is 4. The lowest BCUT2D eigenvalue weighted by molar-refractivity contribution is -0.273. The minimum absolute atomic E-state index is 0.0212. The van der Waals surface area contributed by atoms with E-state index in [1.54, 1.807) is 6.92 Å². The summed E-state index contributed by atoms with van der Waals surface area (Å²) in [5.41, 5.74) is 4.23. The van der Waals surface area contributed by atoms with Crippen molar-refractivity contribution in [3.63, 3.8) is 0 Å². The Morgan fingerprint density at radius 1 is 0.848 bits per heavy atom. The number of nitrogen functional groups attached to an aromatic ring is 1. The van der Waals surface area contributed by atoms with Gasteiger partial charge in [0.1, 0.15) is 48.1 Å². The fraction of sp³-hybridized carbons (Fsp3) is 0.804. The predicted molar refractivity (Wildman–Crippen MR) is 283 cm³/mol. The van der Waals surface area contributed by atoms with E-state index >= 15 is 0 Å². The van der Waals surface area contributed by atoms with E-state index in [-0.39, 0.29) is 78.2 Å². The van der Waals surface area contributed by atoms with Crippen LogP contribution in [0.3, 0.4) is 0 Å². The number of nitrogens with two attached hydrogens (primary N) is 1. The van der Waals surface area contributed by atoms with Gasteiger partial charge in [0.25, 0.3) is 0 Å². The molecule has 0 spiro atoms. The molecule has 12 atom stereocenters. The van der Waals surface area contributed by atoms with Crippen LogP contribution in [-0.2, 0) is 65.0 Å². The van der Waals surface area contributed by atoms with Crippen LogP contribution in [0.5, 0.6) is 0 Å². The molecule has 2 unspecified atom stereocenters. The van der Waals surface area contributed by atoms with E-state index in [9.17, 15) is 72.9 Å². The lowest BCUT2D eigenvalue weighted by Gasteiger charge is -2.36. The van der Waals surface area contributed by atoms with Gasteiger partial charge in [-0.15, -0.1) is 0 Å². The van der Waals surface area contributed by atoms with Crippen molar-refractivity contribution in [1.82, 2.24) is 30.2 Å². The fourth-order valence-corrected chi connectivity index (χ4v) is 12.0. The average Bonchev–Trinajstić information content (AvgIpc) is 4.00. The number of Topliss-reactive ketones (excluding diaryl/α,β-unsaturated/α-hetero) is 1. The maximum Gasteiger partial charge on any atom is 0.481 e. The monoisotopic (exact) mass is 1210 g/mol. The molecule has 0 aromatic carbocycles. The largest absolute Gasteiger partial charge is 0.481 e. The molecule has 4 heterocycles. The normalized spacial score (nSPS) is 24.2. The van der Waals surface area contributed by atoms with E-state index in [4.69, 9.17) is 29.0 Å². The summed E-state index contributed by atoms with van der Waals surface area (Å²) in [5, 5.41) is 46.2. The highest BCUT2D eigenvalue weighted by Gasteiger charge is 2.50. The molecule has 2 amide bonds. The second-order valence-electron chi connectivity index (χ2n) is 20.3. The first-order chi connectivity index (χ1) is 37.1. The standard InChI is InChI=1S/C46H80N7O22P3S/c1-29(71-45-33(56)24-32(55)30(2)72-45)17-15-13-11-9-7-5-6-8-10-12-14-16-18-31(54)23-36(58)79-22-21-48-35(57)19-20-49-43(61)40(60)46(3,4)26-70-78(67,68)75-77(65,66)69-25-34-39(74-76(62,63)64)38(59)44(73-34)53-28-52-37-41(47)50-27-51-42(37)53/h27-30,32-34,38-40,44-45,55-56,59-60H,5-26H2,1-4H3,(H,48,57)(H,49,61)(H,65,66)(H,67,68)(H2,47,50,51)(H2,62,63,64)/t29-,30+,32-,33-,34-,38-,39-,40+,44-,45-/m1/s1. The quantitative estimate of drug-likeness (QED) is 0.0261. The maximum atomic E-state index is 12.8. The Morgan fingerprint density at radius 3 is 2.11 bits per heavy atom. The predicted octanol–water partition coefficient (Wildman–Crippen LogP) is 3.35. The zero-order valence-corrected chi connectivity index (χ0v) is 48.4. The zero-order valence-electron chi connectivity index (χ0n) is 44.9. The minimum Gasteiger partial charge on any atom is -0.390 e. The number of aliphatic hydroxyl groups excluding tert-OH is 4. The van der Waals surface area contributed by atoms with Gasteiger partial charge in [-0.25, -0.2) is 28.6 Å². The Kier molecular flexibility index (Phi) is 28.5. The molecular weight excluding hydrogens is 1130 g/mol. The number of rotatable bonds is 38. The van der Waals surface area contributed by atoms with Gasteiger partial charge in [0.2, 0.25) is 11.8 Å². The van der Waals surface area contributed by atoms with Gasteiger partial charge in [0.15, 0.2) is 29.1 Å². The molecular formula is C46H80N7O22P3S. The van der Waals surface area contributed by atoms with Crippen LogP contribution in [0.15, 0.2) is 12.7 Å². The molecule has 2 aromatic rings. The number of unbranched alkanes of at least 4 members (excludes halogenated alkanes) is 11. The number of thioether (sulfide) groups is 1. The molecule has 2 aromatic heterocycles. The number of phosphoric acid groups is 3. The summed E-state index contributed by atoms with van der Waals surface area (Å²) < 4.78 is 74.0. The number of nitrogens with zero attached hydrogens (tertiary/aromatic N) is 4. The van der Waals surface area contributed by atoms with Gasteiger partial charge >= 0.3 is 23.5 Å². The summed E-state index contributed by atoms with van der Waals surface area (Å²) >= 11 is 0.923. The van der Waals surface area contributed by atoms with Crippen molar-refractivity contribution < 1.29 is 105 Å². The number of hydrogen-bond donors (Lipinski definition) is 11. The van der Waals surface area contributed by atoms with Crippen LogP contribution in [0.25, 0.3) is 11.2 Å². The summed E-state index contributed by atoms with van der Waals surface area (Å²) in [4.78, 5) is 101. The van der Waals surface area contributed by atoms with Crippen LogP contribution in [0.1, 0.15) is 143 Å². The van der Waals surface area contributed by atoms with Gasteiger partial charge in [0, 0.05) is 43.5 Å². The Hall–Kier alpha value is -2.93. The molecule has 12 N–H and O–H groups in total. The van der Waals surface area contributed by atoms with E-state index in [1.807, 2.05) is 6.92 Å². The van der Waals surface area contributed by atoms with Gasteiger partial charge in [-0.2, -0.15) is 4.31 Å². The summed E-state index contributed by atoms with van der Waals surface area (Å²) in [7, 11) is -16.5. The van der Waals surface area contributed by atoms with Crippen molar-refractivity contribution in [2.75, 3.05) is 37.8 Å². The molecule has 2 saturated heterocycles. The van der Waals surface area contributed by atoms with Crippen molar-refractivity contribution >= 4 is 74.9 Å². The summed E-state index contributed by atoms with van der Waals surface area (Å²) in [6.45, 7) is 4.04. The van der Waals surface area contributed by atoms with Crippen LogP contribution in [0.4, 0.5) is 5.82 Å². The van der Waals surface area contributed by atoms with Crippen LogP contribution < -0.4 is 16.4 Å². The second kappa shape index (κ2) is 32.8. The smallest absolute Gasteiger partial charge is 0.390 e. The third-order valence-corrected chi connectivity index (χ3v) is 17.0. The molecule has 452 valence electrons. The molecule has 29 nitrogen and oxygen atoms in total. The molecule has 4 rings (SSSR count). The van der Waals surface area contributed by atoms with Gasteiger partial charge in [-0.1, -0.05) is 96.2 Å². The number of anilines is 1. The van der Waals surface area contributed by atoms with Crippen molar-refractivity contribution in [3.8, 4) is 0 Å². The van der Waals surface area contributed by atoms with Crippen LogP contribution in [0, 0.1) is 5.41 Å². The second-order valence-corrected chi connectivity index (χ2v) is 25.7. The number of fused-ring (bicyclic) bond motifs is 1. The summed E-state index contributed by atoms with van der Waals surface area (Å²) in [5.74, 6) is -1.47. The number of phosphoric ester groups is 3. The van der Waals surface area contributed by atoms with Crippen LogP contribution in [0.2, 0.25) is 0 Å². The highest BCUT2D eigenvalue weighted by molar-refractivity contribution is 8.13. The molecule has 33 heteroatoms. The molecule has 0 saturated carbocycles. The third kappa shape index (κ3) is 24.4. The van der Waals surface area contributed by atoms with Crippen LogP contribution >= 0.6 is 35.2 Å². The molecule has 0 aliphatic carbocycles. The first-order valence-electron chi connectivity index (χ1n) is 26.3. The number of carbonyl (C=O) groups excluding carboxylic acids is 4. The van der Waals surface area contributed by atoms with E-state index in [1.165, 1.54) is 46.0 Å². The first kappa shape index (κ1) is 68.6. The van der Waals surface area contributed by atoms with Crippen molar-refractivity contribution in [3.05, 3.63) is 12.7 Å². The molecule has 2 aliphatic rings. The number of ether oxygens (including phenoxy) is 3. The summed E-state index contributed by atoms with van der Waals surface area (Å²) in [6.07, 6.45) is 4.64. The van der Waals surface area contributed by atoms with Crippen molar-refractivity contribution in [2.45, 2.75) is 198 Å². The Labute approximate surface area is 462 Å². The van der Waals surface area contributed by atoms with Gasteiger partial charge in [-0.3, -0.25) is 37.3 Å². The lowest BCUT2D eigenvalue weighted by Crippen LogP contribution is -2.48. The van der Waals surface area contributed by atoms with Crippen molar-refractivity contribution in [2.24, 2.45) is 5.41 Å². The third-order valence-electron chi connectivity index (χ3n) is 13.0. The Bertz CT molecular complexity index is 2410. The van der Waals surface area contributed by atoms with E-state index in [0.717, 1.165) is 80.4 Å². The SMILES string of the molecule is C[C@H](CCCCCCCCCCCCCCC(=O)CC(=O)SCCNC(=O)CCNC(=O)[C@H](O)C(C)(C)COP(=O)(O)OP(=O)(O)OC[C@H]1O[C@@H](n2cnc3c(N)ncnc32)[C@H](O)[C@@H]1OP(=O)(O)O)O[C@@H]1O[C@@H](C)[C@H](O)C[C@H]1O. The number of aliphatic hydroxyl groups is 4. The highest BCUT2D eigenvalue weighted by atomic mass is 32.2. The number of ketones is 1. The van der Waals surface area contributed by atoms with E-state index in [0.29, 0.717) is 6.42 Å². The van der Waals surface area contributed by atoms with Gasteiger partial charge in [-0.05, 0) is 26.7 Å². The van der Waals surface area contributed by atoms with Gasteiger partial charge < -0.3 is 70.6 Å². The molecule has 0 bridgehead atoms. The maximum absolute atomic E-state index is 12.8. The van der Waals surface area contributed by atoms with E-state index in [2.05, 4.69) is 34.4 Å². The minimum atomic E-state index is -5.60. The van der Waals surface area contributed by atoms with Gasteiger partial charge in [0.05, 0.1) is 44.3 Å². The molecule has 2 aliphatic heterocycles. The molecule has 79 heavy (non-hydrogen) atoms. The number of carbonyl (C=O) groups is 4. The number of amides is 2. The zero-order chi connectivity index (χ0) is 58.6. The molecule has 2 fully saturated rings. The number of hydrogen-bond acceptors (Lipinski definition) is 23. The lowest BCUT2D eigenvalue weighted by atomic mass is 9.87. The molecule has 0 radical (unpaired) electrons. The van der Waals surface area contributed by atoms with Crippen molar-refractivity contribution in [1.29, 1.82) is 0 Å². The Balaban J connectivity index is 0.996. The Morgan fingerprint density at radius 2 is 1.47 bits per heavy atom. The summed E-state index contributed by atoms with van der Waals surface area (Å²) in [6, 6.07) is 0. The fourth-order valence-electron chi connectivity index (χ4n) is 8.48. The number of imidazole rings is 1. The number of nitrogens with one attached hydrogen (secondary N) is 2. The first-order valence-corrected chi connectivity index (χ1v) is 31.8. The average molecular weight is 1210 g/mol. The highest BCUT2D eigenvalue weighted by Crippen LogP contribution is 2.61. The van der Waals surface area contributed by atoms with E-state index < -0.39 is 103 Å².